The molecule has 0 amide bonds. The number of hydrogen-bond acceptors (Lipinski definition) is 5. The van der Waals surface area contributed by atoms with Crippen LogP contribution in [0.2, 0.25) is 0 Å². The molecule has 0 saturated carbocycles. The van der Waals surface area contributed by atoms with Crippen LogP contribution in [0.3, 0.4) is 0 Å². The molecule has 7 heteroatoms. The average molecular weight is 307 g/mol. The van der Waals surface area contributed by atoms with Gasteiger partial charge < -0.3 is 14.8 Å². The first-order valence-corrected chi connectivity index (χ1v) is 6.29. The van der Waals surface area contributed by atoms with Crippen LogP contribution in [0.4, 0.5) is 0 Å². The van der Waals surface area contributed by atoms with Crippen LogP contribution < -0.4 is 5.32 Å². The van der Waals surface area contributed by atoms with Crippen molar-refractivity contribution in [2.24, 2.45) is 7.05 Å². The molecule has 0 aliphatic rings. The van der Waals surface area contributed by atoms with Crippen molar-refractivity contribution in [2.75, 3.05) is 20.8 Å². The lowest BCUT2D eigenvalue weighted by molar-refractivity contribution is -0.125. The highest BCUT2D eigenvalue weighted by molar-refractivity contribution is 9.10. The molecule has 1 aromatic rings. The molecule has 1 atom stereocenters. The Hall–Kier alpha value is -0.500. The van der Waals surface area contributed by atoms with Crippen molar-refractivity contribution in [3.05, 3.63) is 10.3 Å². The highest BCUT2D eigenvalue weighted by Crippen LogP contribution is 2.24. The zero-order valence-electron chi connectivity index (χ0n) is 10.6. The summed E-state index contributed by atoms with van der Waals surface area (Å²) in [5.74, 6) is 0. The molecule has 0 spiro atoms. The molecule has 1 heterocycles. The van der Waals surface area contributed by atoms with Crippen molar-refractivity contribution < 1.29 is 9.47 Å². The lowest BCUT2D eigenvalue weighted by atomic mass is 10.2. The van der Waals surface area contributed by atoms with E-state index >= 15 is 0 Å². The summed E-state index contributed by atoms with van der Waals surface area (Å²) in [6.45, 7) is 2.97. The van der Waals surface area contributed by atoms with Crippen molar-refractivity contribution in [3.63, 3.8) is 0 Å². The maximum Gasteiger partial charge on any atom is 0.177 e. The Labute approximate surface area is 110 Å². The number of methoxy groups -OCH3 is 2. The molecular weight excluding hydrogens is 288 g/mol. The van der Waals surface area contributed by atoms with E-state index in [-0.39, 0.29) is 12.3 Å². The van der Waals surface area contributed by atoms with E-state index < -0.39 is 0 Å². The van der Waals surface area contributed by atoms with Crippen LogP contribution in [-0.4, -0.2) is 42.0 Å². The van der Waals surface area contributed by atoms with Crippen molar-refractivity contribution in [3.8, 4) is 0 Å². The highest BCUT2D eigenvalue weighted by Gasteiger charge is 2.28. The normalized spacial score (nSPS) is 13.3. The topological polar surface area (TPSA) is 61.2 Å². The van der Waals surface area contributed by atoms with Gasteiger partial charge in [-0.2, -0.15) is 0 Å². The first kappa shape index (κ1) is 14.6. The molecule has 1 unspecified atom stereocenters. The van der Waals surface area contributed by atoms with E-state index in [2.05, 4.69) is 38.5 Å². The second-order valence-corrected chi connectivity index (χ2v) is 4.41. The predicted octanol–water partition coefficient (Wildman–Crippen LogP) is 1.24. The van der Waals surface area contributed by atoms with Gasteiger partial charge >= 0.3 is 0 Å². The van der Waals surface area contributed by atoms with Gasteiger partial charge in [-0.15, -0.1) is 5.10 Å². The molecular formula is C10H19BrN4O2. The van der Waals surface area contributed by atoms with Crippen LogP contribution in [-0.2, 0) is 16.5 Å². The molecule has 0 bridgehead atoms. The zero-order valence-corrected chi connectivity index (χ0v) is 12.2. The van der Waals surface area contributed by atoms with Crippen LogP contribution in [0.5, 0.6) is 0 Å². The Morgan fingerprint density at radius 3 is 2.47 bits per heavy atom. The SMILES string of the molecule is CCCNC(c1c(Br)nnn1C)C(OC)OC. The number of nitrogens with one attached hydrogen (secondary N) is 1. The maximum atomic E-state index is 5.32. The van der Waals surface area contributed by atoms with Crippen molar-refractivity contribution in [2.45, 2.75) is 25.7 Å². The second-order valence-electron chi connectivity index (χ2n) is 3.66. The van der Waals surface area contributed by atoms with Gasteiger partial charge in [-0.05, 0) is 28.9 Å². The zero-order chi connectivity index (χ0) is 12.8. The number of hydrogen-bond donors (Lipinski definition) is 1. The number of aryl methyl sites for hydroxylation is 1. The van der Waals surface area contributed by atoms with Crippen LogP contribution in [0.1, 0.15) is 25.1 Å². The van der Waals surface area contributed by atoms with Crippen LogP contribution >= 0.6 is 15.9 Å². The molecule has 1 rings (SSSR count). The Morgan fingerprint density at radius 1 is 1.41 bits per heavy atom. The summed E-state index contributed by atoms with van der Waals surface area (Å²) in [5, 5.41) is 11.3. The van der Waals surface area contributed by atoms with Gasteiger partial charge in [0, 0.05) is 21.3 Å². The van der Waals surface area contributed by atoms with Crippen molar-refractivity contribution >= 4 is 15.9 Å². The van der Waals surface area contributed by atoms with Gasteiger partial charge in [0.25, 0.3) is 0 Å². The van der Waals surface area contributed by atoms with Crippen LogP contribution in [0.25, 0.3) is 0 Å². The fourth-order valence-electron chi connectivity index (χ4n) is 1.66. The summed E-state index contributed by atoms with van der Waals surface area (Å²) < 4.78 is 13.0. The molecule has 1 aromatic heterocycles. The highest BCUT2D eigenvalue weighted by atomic mass is 79.9. The van der Waals surface area contributed by atoms with E-state index in [1.54, 1.807) is 18.9 Å². The number of nitrogens with zero attached hydrogens (tertiary/aromatic N) is 3. The monoisotopic (exact) mass is 306 g/mol. The predicted molar refractivity (Wildman–Crippen MR) is 67.5 cm³/mol. The summed E-state index contributed by atoms with van der Waals surface area (Å²) in [5.41, 5.74) is 0.909. The molecule has 0 radical (unpaired) electrons. The maximum absolute atomic E-state index is 5.32. The molecule has 17 heavy (non-hydrogen) atoms. The van der Waals surface area contributed by atoms with Crippen LogP contribution in [0.15, 0.2) is 4.60 Å². The first-order chi connectivity index (χ1) is 8.15. The van der Waals surface area contributed by atoms with E-state index in [1.165, 1.54) is 0 Å². The summed E-state index contributed by atoms with van der Waals surface area (Å²) >= 11 is 3.39. The lowest BCUT2D eigenvalue weighted by Gasteiger charge is -2.25. The largest absolute Gasteiger partial charge is 0.354 e. The molecule has 0 aliphatic heterocycles. The fourth-order valence-corrected chi connectivity index (χ4v) is 2.23. The van der Waals surface area contributed by atoms with E-state index in [0.717, 1.165) is 18.7 Å². The Bertz CT molecular complexity index is 322. The smallest absolute Gasteiger partial charge is 0.177 e. The third-order valence-electron chi connectivity index (χ3n) is 2.47. The van der Waals surface area contributed by atoms with Crippen LogP contribution in [0, 0.1) is 0 Å². The summed E-state index contributed by atoms with van der Waals surface area (Å²) in [6.07, 6.45) is 0.648. The van der Waals surface area contributed by atoms with Gasteiger partial charge in [0.05, 0.1) is 5.69 Å². The second kappa shape index (κ2) is 7.05. The molecule has 6 nitrogen and oxygen atoms in total. The van der Waals surface area contributed by atoms with Crippen molar-refractivity contribution in [1.82, 2.24) is 20.3 Å². The standard InChI is InChI=1S/C10H19BrN4O2/c1-5-6-12-7(10(16-3)17-4)8-9(11)13-14-15(8)2/h7,10,12H,5-6H2,1-4H3. The minimum absolute atomic E-state index is 0.112. The quantitative estimate of drug-likeness (QED) is 0.768. The van der Waals surface area contributed by atoms with Gasteiger partial charge in [0.1, 0.15) is 6.04 Å². The average Bonchev–Trinajstić information content (AvgIpc) is 2.65. The first-order valence-electron chi connectivity index (χ1n) is 5.49. The third-order valence-corrected chi connectivity index (χ3v) is 3.04. The molecule has 0 aliphatic carbocycles. The number of ether oxygens (including phenoxy) is 2. The Kier molecular flexibility index (Phi) is 6.04. The summed E-state index contributed by atoms with van der Waals surface area (Å²) in [7, 11) is 5.08. The fraction of sp³-hybridized carbons (Fsp3) is 0.800. The lowest BCUT2D eigenvalue weighted by Crippen LogP contribution is -2.36. The number of rotatable bonds is 7. The van der Waals surface area contributed by atoms with Gasteiger partial charge in [-0.3, -0.25) is 0 Å². The van der Waals surface area contributed by atoms with Gasteiger partial charge in [0.15, 0.2) is 10.9 Å². The molecule has 1 N–H and O–H groups in total. The summed E-state index contributed by atoms with van der Waals surface area (Å²) in [6, 6.07) is -0.112. The van der Waals surface area contributed by atoms with E-state index in [0.29, 0.717) is 4.60 Å². The molecule has 0 saturated heterocycles. The molecule has 0 aromatic carbocycles. The molecule has 0 fully saturated rings. The van der Waals surface area contributed by atoms with Gasteiger partial charge in [-0.1, -0.05) is 12.1 Å². The van der Waals surface area contributed by atoms with E-state index in [4.69, 9.17) is 9.47 Å². The van der Waals surface area contributed by atoms with Gasteiger partial charge in [0.2, 0.25) is 0 Å². The van der Waals surface area contributed by atoms with Gasteiger partial charge in [-0.25, -0.2) is 4.68 Å². The van der Waals surface area contributed by atoms with E-state index in [1.807, 2.05) is 7.05 Å². The Morgan fingerprint density at radius 2 is 2.06 bits per heavy atom. The Balaban J connectivity index is 2.96. The molecule has 98 valence electrons. The minimum atomic E-state index is -0.380. The number of aromatic nitrogens is 3. The van der Waals surface area contributed by atoms with E-state index in [9.17, 15) is 0 Å². The minimum Gasteiger partial charge on any atom is -0.354 e. The summed E-state index contributed by atoms with van der Waals surface area (Å²) in [4.78, 5) is 0. The van der Waals surface area contributed by atoms with Crippen molar-refractivity contribution in [1.29, 1.82) is 0 Å². The third kappa shape index (κ3) is 3.48. The number of halogens is 1.